The predicted molar refractivity (Wildman–Crippen MR) is 110 cm³/mol. The number of furan rings is 1. The average molecular weight is 387 g/mol. The number of pyridine rings is 1. The Morgan fingerprint density at radius 1 is 1.07 bits per heavy atom. The van der Waals surface area contributed by atoms with E-state index in [1.54, 1.807) is 6.26 Å². The van der Waals surface area contributed by atoms with Crippen LogP contribution in [0.5, 0.6) is 0 Å². The van der Waals surface area contributed by atoms with Crippen molar-refractivity contribution in [2.75, 3.05) is 7.11 Å². The van der Waals surface area contributed by atoms with Gasteiger partial charge in [0.25, 0.3) is 0 Å². The van der Waals surface area contributed by atoms with E-state index in [-0.39, 0.29) is 12.0 Å². The number of benzene rings is 2. The molecule has 0 saturated carbocycles. The molecule has 5 nitrogen and oxygen atoms in total. The van der Waals surface area contributed by atoms with Crippen molar-refractivity contribution in [1.82, 2.24) is 4.98 Å². The summed E-state index contributed by atoms with van der Waals surface area (Å²) in [6.45, 7) is 2.46. The van der Waals surface area contributed by atoms with Crippen molar-refractivity contribution in [3.63, 3.8) is 0 Å². The van der Waals surface area contributed by atoms with Gasteiger partial charge in [0.1, 0.15) is 12.2 Å². The molecule has 0 aliphatic rings. The predicted octanol–water partition coefficient (Wildman–Crippen LogP) is 3.78. The molecule has 0 spiro atoms. The third-order valence-electron chi connectivity index (χ3n) is 5.17. The number of rotatable bonds is 6. The van der Waals surface area contributed by atoms with Gasteiger partial charge >= 0.3 is 5.97 Å². The Morgan fingerprint density at radius 2 is 1.83 bits per heavy atom. The minimum atomic E-state index is -0.363. The topological polar surface area (TPSA) is 68.9 Å². The number of ether oxygens (including phenoxy) is 1. The van der Waals surface area contributed by atoms with E-state index in [1.165, 1.54) is 7.11 Å². The first-order valence-electron chi connectivity index (χ1n) is 9.57. The summed E-state index contributed by atoms with van der Waals surface area (Å²) in [5.41, 5.74) is 4.13. The van der Waals surface area contributed by atoms with Crippen LogP contribution in [0, 0.1) is 6.92 Å². The smallest absolute Gasteiger partial charge is 0.340 e. The average Bonchev–Trinajstić information content (AvgIpc) is 3.29. The quantitative estimate of drug-likeness (QED) is 0.511. The summed E-state index contributed by atoms with van der Waals surface area (Å²) in [7, 11) is 1.40. The fraction of sp³-hybridized carbons (Fsp3) is 0.167. The summed E-state index contributed by atoms with van der Waals surface area (Å²) >= 11 is 0. The van der Waals surface area contributed by atoms with Crippen LogP contribution in [0.1, 0.15) is 39.0 Å². The lowest BCUT2D eigenvalue weighted by Crippen LogP contribution is -2.84. The van der Waals surface area contributed by atoms with Gasteiger partial charge in [0.2, 0.25) is 0 Å². The van der Waals surface area contributed by atoms with Crippen LogP contribution in [0.15, 0.2) is 77.4 Å². The number of hydrogen-bond donors (Lipinski definition) is 1. The highest BCUT2D eigenvalue weighted by Gasteiger charge is 2.24. The van der Waals surface area contributed by atoms with Gasteiger partial charge in [-0.2, -0.15) is 0 Å². The first kappa shape index (κ1) is 18.9. The molecule has 0 amide bonds. The maximum Gasteiger partial charge on any atom is 0.340 e. The van der Waals surface area contributed by atoms with E-state index >= 15 is 0 Å². The van der Waals surface area contributed by atoms with Crippen LogP contribution in [0.4, 0.5) is 0 Å². The van der Waals surface area contributed by atoms with E-state index in [0.29, 0.717) is 17.8 Å². The Hall–Kier alpha value is -3.44. The molecule has 5 heteroatoms. The molecule has 0 fully saturated rings. The summed E-state index contributed by atoms with van der Waals surface area (Å²) in [6, 6.07) is 21.8. The fourth-order valence-electron chi connectivity index (χ4n) is 3.74. The molecular formula is C24H23N2O3+. The van der Waals surface area contributed by atoms with Crippen molar-refractivity contribution in [3.8, 4) is 0 Å². The largest absolute Gasteiger partial charge is 0.465 e. The Morgan fingerprint density at radius 3 is 2.55 bits per heavy atom. The number of nitrogens with two attached hydrogens (primary N) is 1. The maximum atomic E-state index is 12.5. The number of aryl methyl sites for hydroxylation is 1. The number of carbonyl (C=O) groups excluding carboxylic acids is 1. The van der Waals surface area contributed by atoms with E-state index < -0.39 is 0 Å². The Balaban J connectivity index is 1.73. The van der Waals surface area contributed by atoms with Gasteiger partial charge in [0, 0.05) is 10.9 Å². The molecule has 2 heterocycles. The van der Waals surface area contributed by atoms with Crippen LogP contribution in [0.2, 0.25) is 0 Å². The lowest BCUT2D eigenvalue weighted by Gasteiger charge is -2.16. The lowest BCUT2D eigenvalue weighted by atomic mass is 10.0. The molecule has 0 aliphatic heterocycles. The highest BCUT2D eigenvalue weighted by Crippen LogP contribution is 2.24. The normalized spacial score (nSPS) is 12.1. The Bertz CT molecular complexity index is 1120. The second-order valence-electron chi connectivity index (χ2n) is 6.91. The van der Waals surface area contributed by atoms with Crippen molar-refractivity contribution < 1.29 is 19.3 Å². The van der Waals surface area contributed by atoms with Gasteiger partial charge in [0.15, 0.2) is 11.8 Å². The van der Waals surface area contributed by atoms with Crippen LogP contribution in [-0.2, 0) is 11.3 Å². The molecule has 0 radical (unpaired) electrons. The zero-order chi connectivity index (χ0) is 20.2. The standard InChI is InChI=1S/C24H22N2O3/c1-16-18-11-6-7-12-19(18)26-20(22(16)24(27)28-2)15-25-23(21-13-8-14-29-21)17-9-4-3-5-10-17/h3-14,23,25H,15H2,1-2H3/p+1/t23-/m1/s1. The van der Waals surface area contributed by atoms with Gasteiger partial charge in [-0.15, -0.1) is 0 Å². The zero-order valence-corrected chi connectivity index (χ0v) is 16.5. The van der Waals surface area contributed by atoms with E-state index in [9.17, 15) is 4.79 Å². The van der Waals surface area contributed by atoms with Gasteiger partial charge in [-0.1, -0.05) is 48.5 Å². The van der Waals surface area contributed by atoms with Crippen molar-refractivity contribution in [1.29, 1.82) is 0 Å². The Labute approximate surface area is 169 Å². The number of methoxy groups -OCH3 is 1. The summed E-state index contributed by atoms with van der Waals surface area (Å²) in [4.78, 5) is 17.3. The summed E-state index contributed by atoms with van der Waals surface area (Å²) in [5, 5.41) is 3.10. The van der Waals surface area contributed by atoms with E-state index in [4.69, 9.17) is 14.1 Å². The molecule has 0 bridgehead atoms. The molecule has 4 aromatic rings. The number of hydrogen-bond acceptors (Lipinski definition) is 4. The first-order chi connectivity index (χ1) is 14.2. The van der Waals surface area contributed by atoms with Crippen molar-refractivity contribution in [2.45, 2.75) is 19.5 Å². The molecule has 2 aromatic heterocycles. The molecule has 2 N–H and O–H groups in total. The monoisotopic (exact) mass is 387 g/mol. The lowest BCUT2D eigenvalue weighted by molar-refractivity contribution is -0.704. The highest BCUT2D eigenvalue weighted by atomic mass is 16.5. The third kappa shape index (κ3) is 3.77. The van der Waals surface area contributed by atoms with Crippen molar-refractivity contribution in [3.05, 3.63) is 101 Å². The molecule has 0 aliphatic carbocycles. The van der Waals surface area contributed by atoms with E-state index in [2.05, 4.69) is 17.4 Å². The number of nitrogens with zero attached hydrogens (tertiary/aromatic N) is 1. The maximum absolute atomic E-state index is 12.5. The summed E-state index contributed by atoms with van der Waals surface area (Å²) in [5.74, 6) is 0.492. The molecule has 2 aromatic carbocycles. The number of carbonyl (C=O) groups is 1. The molecule has 4 rings (SSSR count). The van der Waals surface area contributed by atoms with Crippen LogP contribution in [0.3, 0.4) is 0 Å². The van der Waals surface area contributed by atoms with Crippen LogP contribution in [0.25, 0.3) is 10.9 Å². The number of para-hydroxylation sites is 1. The SMILES string of the molecule is COC(=O)c1c(C[NH2+][C@H](c2ccccc2)c2ccco2)nc2ccccc2c1C. The zero-order valence-electron chi connectivity index (χ0n) is 16.5. The Kier molecular flexibility index (Phi) is 5.40. The highest BCUT2D eigenvalue weighted by molar-refractivity contribution is 5.98. The molecule has 0 saturated heterocycles. The van der Waals surface area contributed by atoms with E-state index in [1.807, 2.05) is 61.5 Å². The minimum Gasteiger partial charge on any atom is -0.465 e. The van der Waals surface area contributed by atoms with Crippen LogP contribution < -0.4 is 5.32 Å². The van der Waals surface area contributed by atoms with Crippen molar-refractivity contribution >= 4 is 16.9 Å². The summed E-state index contributed by atoms with van der Waals surface area (Å²) < 4.78 is 10.7. The first-order valence-corrected chi connectivity index (χ1v) is 9.57. The summed E-state index contributed by atoms with van der Waals surface area (Å²) in [6.07, 6.45) is 1.68. The van der Waals surface area contributed by atoms with Crippen LogP contribution >= 0.6 is 0 Å². The molecule has 29 heavy (non-hydrogen) atoms. The molecule has 146 valence electrons. The molecule has 1 atom stereocenters. The van der Waals surface area contributed by atoms with Gasteiger partial charge in [-0.3, -0.25) is 0 Å². The van der Waals surface area contributed by atoms with Gasteiger partial charge < -0.3 is 14.5 Å². The van der Waals surface area contributed by atoms with Crippen molar-refractivity contribution in [2.24, 2.45) is 0 Å². The number of fused-ring (bicyclic) bond motifs is 1. The molecule has 0 unspecified atom stereocenters. The van der Waals surface area contributed by atoms with Gasteiger partial charge in [-0.05, 0) is 30.7 Å². The number of esters is 1. The van der Waals surface area contributed by atoms with Crippen LogP contribution in [-0.4, -0.2) is 18.1 Å². The van der Waals surface area contributed by atoms with E-state index in [0.717, 1.165) is 27.8 Å². The minimum absolute atomic E-state index is 0.0368. The second kappa shape index (κ2) is 8.29. The molecular weight excluding hydrogens is 364 g/mol. The number of aromatic nitrogens is 1. The number of quaternary nitrogens is 1. The van der Waals surface area contributed by atoms with Gasteiger partial charge in [-0.25, -0.2) is 9.78 Å². The third-order valence-corrected chi connectivity index (χ3v) is 5.17. The second-order valence-corrected chi connectivity index (χ2v) is 6.91. The fourth-order valence-corrected chi connectivity index (χ4v) is 3.74. The van der Waals surface area contributed by atoms with Gasteiger partial charge in [0.05, 0.1) is 24.5 Å².